The van der Waals surface area contributed by atoms with Gasteiger partial charge in [-0.15, -0.1) is 0 Å². The predicted octanol–water partition coefficient (Wildman–Crippen LogP) is 2.94. The van der Waals surface area contributed by atoms with E-state index in [0.717, 1.165) is 34.7 Å². The van der Waals surface area contributed by atoms with E-state index in [4.69, 9.17) is 0 Å². The number of hydrogen-bond donors (Lipinski definition) is 2. The third-order valence-corrected chi connectivity index (χ3v) is 6.22. The second kappa shape index (κ2) is 7.49. The molecule has 0 spiro atoms. The second-order valence-corrected chi connectivity index (χ2v) is 8.21. The molecule has 7 heteroatoms. The smallest absolute Gasteiger partial charge is 0.272 e. The Morgan fingerprint density at radius 1 is 1.44 bits per heavy atom. The first-order chi connectivity index (χ1) is 12.0. The van der Waals surface area contributed by atoms with Gasteiger partial charge in [0.25, 0.3) is 5.91 Å². The summed E-state index contributed by atoms with van der Waals surface area (Å²) >= 11 is 0. The van der Waals surface area contributed by atoms with E-state index in [2.05, 4.69) is 33.2 Å². The van der Waals surface area contributed by atoms with E-state index in [9.17, 15) is 4.79 Å². The number of anilines is 1. The zero-order valence-corrected chi connectivity index (χ0v) is 15.9. The number of fused-ring (bicyclic) bond motifs is 1. The van der Waals surface area contributed by atoms with Gasteiger partial charge in [-0.25, -0.2) is 9.08 Å². The maximum atomic E-state index is 12.9. The summed E-state index contributed by atoms with van der Waals surface area (Å²) in [5.41, 5.74) is 2.58. The van der Waals surface area contributed by atoms with Crippen molar-refractivity contribution in [2.24, 2.45) is 17.3 Å². The van der Waals surface area contributed by atoms with E-state index in [1.165, 1.54) is 0 Å². The molecule has 3 heterocycles. The number of nitrogens with zero attached hydrogens (tertiary/aromatic N) is 3. The van der Waals surface area contributed by atoms with Crippen molar-refractivity contribution in [3.05, 3.63) is 42.0 Å². The third kappa shape index (κ3) is 3.67. The maximum absolute atomic E-state index is 12.9. The van der Waals surface area contributed by atoms with Crippen molar-refractivity contribution in [3.63, 3.8) is 0 Å². The number of hydrogen-bond acceptors (Lipinski definition) is 3. The third-order valence-electron chi connectivity index (χ3n) is 4.56. The highest BCUT2D eigenvalue weighted by atomic mass is 32.2. The Balaban J connectivity index is 1.96. The molecule has 6 nitrogen and oxygen atoms in total. The number of aromatic nitrogens is 2. The molecule has 3 rings (SSSR count). The van der Waals surface area contributed by atoms with Gasteiger partial charge in [-0.3, -0.25) is 9.78 Å². The molecule has 1 aliphatic rings. The van der Waals surface area contributed by atoms with Gasteiger partial charge in [-0.05, 0) is 36.5 Å². The summed E-state index contributed by atoms with van der Waals surface area (Å²) in [7, 11) is 3.38. The summed E-state index contributed by atoms with van der Waals surface area (Å²) in [5, 5.41) is 2.97. The molecule has 2 unspecified atom stereocenters. The van der Waals surface area contributed by atoms with E-state index < -0.39 is 0 Å². The maximum Gasteiger partial charge on any atom is 0.272 e. The summed E-state index contributed by atoms with van der Waals surface area (Å²) in [6.45, 7) is 4.45. The van der Waals surface area contributed by atoms with Crippen molar-refractivity contribution in [1.29, 1.82) is 0 Å². The van der Waals surface area contributed by atoms with Gasteiger partial charge < -0.3 is 9.88 Å². The Labute approximate surface area is 151 Å². The Hall–Kier alpha value is -1.99. The average Bonchev–Trinajstić information content (AvgIpc) is 2.81. The molecule has 2 N–H and O–H groups in total. The lowest BCUT2D eigenvalue weighted by Crippen LogP contribution is -2.33. The summed E-state index contributed by atoms with van der Waals surface area (Å²) in [6, 6.07) is 3.99. The fourth-order valence-electron chi connectivity index (χ4n) is 3.17. The van der Waals surface area contributed by atoms with Crippen LogP contribution in [-0.2, 0) is 24.3 Å². The number of carbonyl (C=O) groups excluding carboxylic acids is 1. The topological polar surface area (TPSA) is 71.3 Å². The molecular weight excluding hydrogens is 334 g/mol. The van der Waals surface area contributed by atoms with Gasteiger partial charge >= 0.3 is 0 Å². The highest BCUT2D eigenvalue weighted by Crippen LogP contribution is 2.28. The van der Waals surface area contributed by atoms with Gasteiger partial charge in [0.15, 0.2) is 0 Å². The molecule has 0 fully saturated rings. The predicted molar refractivity (Wildman–Crippen MR) is 102 cm³/mol. The lowest BCUT2D eigenvalue weighted by Gasteiger charge is -2.20. The van der Waals surface area contributed by atoms with E-state index in [-0.39, 0.29) is 16.8 Å². The van der Waals surface area contributed by atoms with Crippen molar-refractivity contribution in [2.45, 2.75) is 37.6 Å². The molecule has 25 heavy (non-hydrogen) atoms. The Bertz CT molecular complexity index is 797. The first-order valence-electron chi connectivity index (χ1n) is 8.51. The van der Waals surface area contributed by atoms with E-state index in [0.29, 0.717) is 12.0 Å². The molecular formula is C18H25N5OS. The lowest BCUT2D eigenvalue weighted by atomic mass is 9.97. The van der Waals surface area contributed by atoms with Crippen LogP contribution in [0.4, 0.5) is 5.69 Å². The SMILES string of the molecule is CN=S1NC(C(C)C)CCc2c1cn(C)c2C(=O)Nc1ccncc1. The minimum absolute atomic E-state index is 0.0856. The molecule has 0 saturated carbocycles. The van der Waals surface area contributed by atoms with Crippen LogP contribution in [0.15, 0.2) is 40.0 Å². The van der Waals surface area contributed by atoms with Gasteiger partial charge in [0.05, 0.1) is 4.90 Å². The summed E-state index contributed by atoms with van der Waals surface area (Å²) in [6.07, 6.45) is 7.27. The number of carbonyl (C=O) groups is 1. The summed E-state index contributed by atoms with van der Waals surface area (Å²) in [4.78, 5) is 18.0. The zero-order valence-electron chi connectivity index (χ0n) is 15.1. The highest BCUT2D eigenvalue weighted by molar-refractivity contribution is 7.85. The van der Waals surface area contributed by atoms with Crippen LogP contribution in [0, 0.1) is 5.92 Å². The molecule has 0 bridgehead atoms. The minimum atomic E-state index is -0.383. The zero-order chi connectivity index (χ0) is 18.0. The molecule has 0 saturated heterocycles. The normalized spacial score (nSPS) is 20.4. The van der Waals surface area contributed by atoms with Crippen LogP contribution in [0.1, 0.15) is 36.3 Å². The molecule has 1 amide bonds. The molecule has 2 atom stereocenters. The number of amides is 1. The molecule has 0 aromatic carbocycles. The van der Waals surface area contributed by atoms with Crippen LogP contribution in [-0.4, -0.2) is 28.5 Å². The Kier molecular flexibility index (Phi) is 5.34. The van der Waals surface area contributed by atoms with Crippen LogP contribution in [0.2, 0.25) is 0 Å². The monoisotopic (exact) mass is 359 g/mol. The first-order valence-corrected chi connectivity index (χ1v) is 9.69. The minimum Gasteiger partial charge on any atom is -0.345 e. The van der Waals surface area contributed by atoms with Gasteiger partial charge in [-0.1, -0.05) is 13.8 Å². The highest BCUT2D eigenvalue weighted by Gasteiger charge is 2.28. The first kappa shape index (κ1) is 17.8. The fourth-order valence-corrected chi connectivity index (χ4v) is 4.96. The van der Waals surface area contributed by atoms with Crippen LogP contribution in [0.5, 0.6) is 0 Å². The van der Waals surface area contributed by atoms with Gasteiger partial charge in [-0.2, -0.15) is 0 Å². The molecule has 2 aromatic heterocycles. The molecule has 134 valence electrons. The number of aryl methyl sites for hydroxylation is 1. The van der Waals surface area contributed by atoms with Crippen molar-refractivity contribution < 1.29 is 4.79 Å². The molecule has 0 radical (unpaired) electrons. The molecule has 0 aliphatic carbocycles. The largest absolute Gasteiger partial charge is 0.345 e. The van der Waals surface area contributed by atoms with E-state index in [1.807, 2.05) is 24.9 Å². The van der Waals surface area contributed by atoms with Crippen LogP contribution in [0.25, 0.3) is 0 Å². The second-order valence-electron chi connectivity index (χ2n) is 6.60. The number of rotatable bonds is 3. The van der Waals surface area contributed by atoms with Crippen molar-refractivity contribution in [2.75, 3.05) is 12.4 Å². The Morgan fingerprint density at radius 3 is 2.80 bits per heavy atom. The average molecular weight is 359 g/mol. The van der Waals surface area contributed by atoms with E-state index >= 15 is 0 Å². The van der Waals surface area contributed by atoms with Crippen LogP contribution in [0.3, 0.4) is 0 Å². The molecule has 2 aromatic rings. The Morgan fingerprint density at radius 2 is 2.16 bits per heavy atom. The van der Waals surface area contributed by atoms with Crippen molar-refractivity contribution in [3.8, 4) is 0 Å². The van der Waals surface area contributed by atoms with Crippen molar-refractivity contribution >= 4 is 22.5 Å². The van der Waals surface area contributed by atoms with Crippen molar-refractivity contribution in [1.82, 2.24) is 14.3 Å². The quantitative estimate of drug-likeness (QED) is 0.885. The molecule has 1 aliphatic heterocycles. The summed E-state index contributed by atoms with van der Waals surface area (Å²) in [5.74, 6) is 0.446. The fraction of sp³-hybridized carbons (Fsp3) is 0.444. The number of pyridine rings is 1. The van der Waals surface area contributed by atoms with Gasteiger partial charge in [0, 0.05) is 55.3 Å². The van der Waals surface area contributed by atoms with E-state index in [1.54, 1.807) is 24.5 Å². The standard InChI is InChI=1S/C18H25N5OS/c1-12(2)15-6-5-14-16(25(19-3)22-15)11-23(4)17(14)18(24)21-13-7-9-20-10-8-13/h7-12,15H,5-6H2,1-4H3,(H,19,22)(H,20,21,24). The van der Waals surface area contributed by atoms with Gasteiger partial charge in [0.1, 0.15) is 5.69 Å². The van der Waals surface area contributed by atoms with Crippen LogP contribution >= 0.6 is 0 Å². The number of nitrogens with one attached hydrogen (secondary N) is 2. The van der Waals surface area contributed by atoms with Crippen LogP contribution < -0.4 is 10.0 Å². The lowest BCUT2D eigenvalue weighted by molar-refractivity contribution is 0.101. The van der Waals surface area contributed by atoms with Gasteiger partial charge in [0.2, 0.25) is 0 Å². The summed E-state index contributed by atoms with van der Waals surface area (Å²) < 4.78 is 10.1.